The minimum atomic E-state index is -0.635. The van der Waals surface area contributed by atoms with E-state index in [4.69, 9.17) is 0 Å². The van der Waals surface area contributed by atoms with Gasteiger partial charge in [0.15, 0.2) is 0 Å². The number of fused-ring (bicyclic) bond motifs is 16. The summed E-state index contributed by atoms with van der Waals surface area (Å²) in [6.45, 7) is 50.0. The van der Waals surface area contributed by atoms with Gasteiger partial charge in [0, 0.05) is 66.8 Å². The number of anilines is 6. The molecule has 137 heavy (non-hydrogen) atoms. The minimum absolute atomic E-state index is 0.168. The summed E-state index contributed by atoms with van der Waals surface area (Å²) in [5.74, 6) is 0. The first kappa shape index (κ1) is 87.1. The van der Waals surface area contributed by atoms with Crippen LogP contribution in [0.5, 0.6) is 0 Å². The lowest BCUT2D eigenvalue weighted by Gasteiger charge is -2.46. The largest absolute Gasteiger partial charge is 0.311 e. The van der Waals surface area contributed by atoms with Gasteiger partial charge in [0.1, 0.15) is 0 Å². The Morgan fingerprint density at radius 2 is 0.504 bits per heavy atom. The maximum absolute atomic E-state index is 2.77. The molecule has 674 valence electrons. The first-order chi connectivity index (χ1) is 65.4. The molecule has 4 heterocycles. The molecule has 0 radical (unpaired) electrons. The Bertz CT molecular complexity index is 7550. The van der Waals surface area contributed by atoms with Gasteiger partial charge in [-0.1, -0.05) is 412 Å². The van der Waals surface area contributed by atoms with E-state index in [1.54, 1.807) is 0 Å². The van der Waals surface area contributed by atoms with Crippen LogP contribution in [-0.2, 0) is 48.7 Å². The molecule has 0 spiro atoms. The van der Waals surface area contributed by atoms with E-state index in [0.29, 0.717) is 0 Å². The van der Waals surface area contributed by atoms with Crippen molar-refractivity contribution in [2.75, 3.05) is 9.80 Å². The van der Waals surface area contributed by atoms with Crippen molar-refractivity contribution in [1.29, 1.82) is 0 Å². The first-order valence-corrected chi connectivity index (χ1v) is 49.6. The van der Waals surface area contributed by atoms with Gasteiger partial charge < -0.3 is 18.9 Å². The normalized spacial score (nSPS) is 14.4. The fourth-order valence-corrected chi connectivity index (χ4v) is 23.7. The zero-order chi connectivity index (χ0) is 95.1. The molecule has 0 saturated heterocycles. The molecule has 0 N–H and O–H groups in total. The van der Waals surface area contributed by atoms with Crippen LogP contribution in [-0.4, -0.2) is 15.8 Å². The van der Waals surface area contributed by atoms with Crippen LogP contribution in [0.4, 0.5) is 34.1 Å². The van der Waals surface area contributed by atoms with E-state index in [1.807, 2.05) is 0 Å². The number of aromatic nitrogens is 2. The van der Waals surface area contributed by atoms with Crippen LogP contribution in [0.3, 0.4) is 0 Å². The summed E-state index contributed by atoms with van der Waals surface area (Å²) in [4.78, 5) is 5.54. The van der Waals surface area contributed by atoms with Gasteiger partial charge in [-0.3, -0.25) is 0 Å². The molecule has 0 amide bonds. The molecule has 0 atom stereocenters. The molecule has 23 rings (SSSR count). The Balaban J connectivity index is 0.862. The molecule has 0 unspecified atom stereocenters. The van der Waals surface area contributed by atoms with E-state index in [1.165, 1.54) is 166 Å². The van der Waals surface area contributed by atoms with Crippen LogP contribution in [0.2, 0.25) is 0 Å². The maximum atomic E-state index is 2.77. The number of para-hydroxylation sites is 2. The smallest absolute Gasteiger partial charge is 0.252 e. The van der Waals surface area contributed by atoms with Gasteiger partial charge >= 0.3 is 0 Å². The van der Waals surface area contributed by atoms with Gasteiger partial charge in [0.25, 0.3) is 6.71 Å². The SMILES string of the molecule is CC(C)(C)c1cc(-c2cc(C(C)(C)C)ccc2N2c3cc(-n4c5ccccc5c5cc6c(cc54)C(c4ccccc4)(c4ccccc4)c4ccccc4-6)ccc3B3c4ccc(-n5c6ccccc6c6cc7c(cc65)C(c5ccccc5)(c5ccccc5)c5ccccc5-7)cc4N(c4ccc(C(C)(C)C)cc4-c4cc(C(C)(C)C)cc(C(C)(C)C)c4)c4cc(C(C)(C)C)cc2c43)cc(C(C)(C)C)c1. The fourth-order valence-electron chi connectivity index (χ4n) is 23.7. The minimum Gasteiger partial charge on any atom is -0.311 e. The monoisotopic (exact) mass is 1770 g/mol. The molecule has 2 aliphatic carbocycles. The van der Waals surface area contributed by atoms with Gasteiger partial charge in [-0.05, 0) is 268 Å². The van der Waals surface area contributed by atoms with Gasteiger partial charge in [0.2, 0.25) is 0 Å². The number of hydrogen-bond donors (Lipinski definition) is 0. The first-order valence-electron chi connectivity index (χ1n) is 49.6. The highest BCUT2D eigenvalue weighted by Crippen LogP contribution is 2.62. The van der Waals surface area contributed by atoms with Crippen LogP contribution in [0.25, 0.3) is 99.5 Å². The second kappa shape index (κ2) is 30.8. The topological polar surface area (TPSA) is 16.3 Å². The van der Waals surface area contributed by atoms with Crippen LogP contribution in [0.1, 0.15) is 229 Å². The molecule has 5 heteroatoms. The van der Waals surface area contributed by atoms with Gasteiger partial charge in [-0.25, -0.2) is 0 Å². The lowest BCUT2D eigenvalue weighted by Crippen LogP contribution is -2.61. The molecule has 0 bridgehead atoms. The van der Waals surface area contributed by atoms with Crippen molar-refractivity contribution in [3.63, 3.8) is 0 Å². The van der Waals surface area contributed by atoms with Gasteiger partial charge in [0.05, 0.1) is 44.3 Å². The second-order valence-corrected chi connectivity index (χ2v) is 46.9. The maximum Gasteiger partial charge on any atom is 0.252 e. The van der Waals surface area contributed by atoms with Crippen molar-refractivity contribution in [2.45, 2.75) is 194 Å². The Labute approximate surface area is 811 Å². The quantitative estimate of drug-likeness (QED) is 0.127. The Morgan fingerprint density at radius 3 is 0.839 bits per heavy atom. The Kier molecular flexibility index (Phi) is 19.5. The number of benzene rings is 17. The van der Waals surface area contributed by atoms with E-state index in [-0.39, 0.29) is 44.6 Å². The predicted molar refractivity (Wildman–Crippen MR) is 586 cm³/mol. The summed E-state index contributed by atoms with van der Waals surface area (Å²) >= 11 is 0. The average molecular weight is 1780 g/mol. The van der Waals surface area contributed by atoms with E-state index >= 15 is 0 Å². The van der Waals surface area contributed by atoms with E-state index in [0.717, 1.165) is 67.6 Å². The standard InChI is InChI=1S/C132H123BN4/c1-124(2,3)88-58-64-115(101(72-88)82-66-90(126(7,8)9)70-91(67-82)127(10,11)12)136-119-76-95(134-113-56-40-36-52-99(113)105-78-103-97-50-34-38-54-107(97)131(109(103)80-117(105)134,84-42-26-22-27-43-84)85-44-28-23-29-45-85)60-62-111(119)133-112-63-61-96(135-114-57-41-37-53-100(114)106-79-104-98-51-35-39-55-108(98)132(110(104)81-118(106)135,86-46-30-24-31-47-86)87-48-32-25-33-49-87)77-120(112)137(122-75-94(130(19,20)21)74-121(136)123(122)133)116-65-59-89(125(4,5)6)73-102(116)83-68-92(128(13,14)15)71-93(69-83)129(16,17)18/h22-81H,1-21H3. The second-order valence-electron chi connectivity index (χ2n) is 46.9. The van der Waals surface area contributed by atoms with Gasteiger partial charge in [-0.15, -0.1) is 0 Å². The van der Waals surface area contributed by atoms with Crippen LogP contribution >= 0.6 is 0 Å². The molecule has 17 aromatic carbocycles. The Hall–Kier alpha value is -14.0. The molecule has 0 fully saturated rings. The van der Waals surface area contributed by atoms with Crippen LogP contribution < -0.4 is 26.2 Å². The third kappa shape index (κ3) is 13.6. The van der Waals surface area contributed by atoms with E-state index in [2.05, 4.69) is 528 Å². The zero-order valence-electron chi connectivity index (χ0n) is 83.5. The average Bonchev–Trinajstić information content (AvgIpc) is 1.59. The summed E-state index contributed by atoms with van der Waals surface area (Å²) in [5.41, 5.74) is 43.7. The van der Waals surface area contributed by atoms with E-state index in [9.17, 15) is 0 Å². The van der Waals surface area contributed by atoms with Crippen molar-refractivity contribution in [2.24, 2.45) is 0 Å². The lowest BCUT2D eigenvalue weighted by atomic mass is 9.33. The molecular formula is C132H123BN4. The van der Waals surface area contributed by atoms with Crippen molar-refractivity contribution < 1.29 is 0 Å². The zero-order valence-corrected chi connectivity index (χ0v) is 83.5. The summed E-state index contributed by atoms with van der Waals surface area (Å²) in [6, 6.07) is 143. The van der Waals surface area contributed by atoms with Crippen molar-refractivity contribution >= 4 is 101 Å². The third-order valence-corrected chi connectivity index (χ3v) is 31.1. The van der Waals surface area contributed by atoms with Crippen molar-refractivity contribution in [3.8, 4) is 55.9 Å². The highest BCUT2D eigenvalue weighted by Gasteiger charge is 2.51. The predicted octanol–water partition coefficient (Wildman–Crippen LogP) is 33.1. The number of nitrogens with zero attached hydrogens (tertiary/aromatic N) is 4. The highest BCUT2D eigenvalue weighted by molar-refractivity contribution is 7.00. The summed E-state index contributed by atoms with van der Waals surface area (Å²) < 4.78 is 5.25. The van der Waals surface area contributed by atoms with Crippen LogP contribution in [0, 0.1) is 0 Å². The number of hydrogen-bond acceptors (Lipinski definition) is 2. The molecule has 4 nitrogen and oxygen atoms in total. The van der Waals surface area contributed by atoms with E-state index < -0.39 is 10.8 Å². The Morgan fingerprint density at radius 1 is 0.197 bits per heavy atom. The van der Waals surface area contributed by atoms with Crippen molar-refractivity contribution in [1.82, 2.24) is 9.13 Å². The molecule has 19 aromatic rings. The third-order valence-electron chi connectivity index (χ3n) is 31.1. The molecule has 0 saturated carbocycles. The number of rotatable bonds is 10. The van der Waals surface area contributed by atoms with Gasteiger partial charge in [-0.2, -0.15) is 0 Å². The lowest BCUT2D eigenvalue weighted by molar-refractivity contribution is 0.568. The summed E-state index contributed by atoms with van der Waals surface area (Å²) in [6.07, 6.45) is 0. The summed E-state index contributed by atoms with van der Waals surface area (Å²) in [7, 11) is 0. The van der Waals surface area contributed by atoms with Crippen molar-refractivity contribution in [3.05, 3.63) is 447 Å². The molecule has 2 aromatic heterocycles. The molecule has 4 aliphatic rings. The molecule has 2 aliphatic heterocycles. The van der Waals surface area contributed by atoms with Crippen LogP contribution in [0.15, 0.2) is 364 Å². The molecular weight excluding hydrogens is 1650 g/mol. The highest BCUT2D eigenvalue weighted by atomic mass is 15.2. The fraction of sp³-hybridized carbons (Fsp3) is 0.227. The summed E-state index contributed by atoms with van der Waals surface area (Å²) in [5, 5.41) is 4.86.